The third kappa shape index (κ3) is 4.37. The molecular weight excluding hydrogens is 360 g/mol. The zero-order chi connectivity index (χ0) is 20.2. The molecule has 4 heteroatoms. The van der Waals surface area contributed by atoms with Gasteiger partial charge in [0, 0.05) is 17.3 Å². The van der Waals surface area contributed by atoms with Gasteiger partial charge in [-0.25, -0.2) is 9.97 Å². The molecule has 0 spiro atoms. The van der Waals surface area contributed by atoms with Crippen LogP contribution in [0, 0.1) is 13.8 Å². The number of rotatable bonds is 6. The van der Waals surface area contributed by atoms with Crippen molar-refractivity contribution in [3.63, 3.8) is 0 Å². The molecule has 4 rings (SSSR count). The van der Waals surface area contributed by atoms with Crippen LogP contribution in [0.4, 0.5) is 0 Å². The van der Waals surface area contributed by atoms with Gasteiger partial charge in [-0.15, -0.1) is 0 Å². The summed E-state index contributed by atoms with van der Waals surface area (Å²) in [6, 6.07) is 18.2. The highest BCUT2D eigenvalue weighted by Gasteiger charge is 2.10. The zero-order valence-corrected chi connectivity index (χ0v) is 17.0. The maximum absolute atomic E-state index is 6.05. The van der Waals surface area contributed by atoms with Crippen molar-refractivity contribution in [1.29, 1.82) is 0 Å². The molecule has 2 aromatic carbocycles. The normalized spacial score (nSPS) is 11.4. The van der Waals surface area contributed by atoms with Gasteiger partial charge in [-0.05, 0) is 61.2 Å². The fourth-order valence-corrected chi connectivity index (χ4v) is 3.24. The number of hydrogen-bond acceptors (Lipinski definition) is 4. The van der Waals surface area contributed by atoms with Gasteiger partial charge in [-0.2, -0.15) is 0 Å². The van der Waals surface area contributed by atoms with Crippen LogP contribution in [0.15, 0.2) is 59.0 Å². The average Bonchev–Trinajstić information content (AvgIpc) is 3.14. The molecule has 2 aromatic heterocycles. The molecule has 0 aliphatic carbocycles. The molecule has 0 unspecified atom stereocenters. The Morgan fingerprint density at radius 3 is 2.59 bits per heavy atom. The number of fused-ring (bicyclic) bond motifs is 1. The summed E-state index contributed by atoms with van der Waals surface area (Å²) in [6.07, 6.45) is 4.75. The molecule has 2 heterocycles. The summed E-state index contributed by atoms with van der Waals surface area (Å²) in [6.45, 7) is 6.66. The van der Waals surface area contributed by atoms with Crippen molar-refractivity contribution in [1.82, 2.24) is 9.97 Å². The molecule has 0 fully saturated rings. The van der Waals surface area contributed by atoms with Crippen molar-refractivity contribution in [3.8, 4) is 5.88 Å². The number of aryl methyl sites for hydroxylation is 3. The van der Waals surface area contributed by atoms with Crippen molar-refractivity contribution in [2.45, 2.75) is 33.8 Å². The number of aromatic nitrogens is 2. The summed E-state index contributed by atoms with van der Waals surface area (Å²) in [5, 5.41) is 0. The standard InChI is InChI=1S/C25H24N2O2/c1-4-20-15-21(11-13-24-27-22-12-10-17(2)14-23(22)29-24)25(26-18(20)3)28-16-19-8-6-5-7-9-19/h5-15H,4,16H2,1-3H3/b13-11+. The van der Waals surface area contributed by atoms with Crippen molar-refractivity contribution in [2.24, 2.45) is 0 Å². The fraction of sp³-hybridized carbons (Fsp3) is 0.200. The van der Waals surface area contributed by atoms with Gasteiger partial charge in [0.1, 0.15) is 12.1 Å². The zero-order valence-electron chi connectivity index (χ0n) is 17.0. The summed E-state index contributed by atoms with van der Waals surface area (Å²) >= 11 is 0. The largest absolute Gasteiger partial charge is 0.472 e. The van der Waals surface area contributed by atoms with Crippen molar-refractivity contribution < 1.29 is 9.15 Å². The molecule has 0 saturated heterocycles. The number of pyridine rings is 1. The minimum Gasteiger partial charge on any atom is -0.472 e. The molecule has 0 bridgehead atoms. The van der Waals surface area contributed by atoms with Crippen LogP contribution in [0.1, 0.15) is 40.8 Å². The third-order valence-electron chi connectivity index (χ3n) is 4.88. The number of oxazole rings is 1. The highest BCUT2D eigenvalue weighted by molar-refractivity contribution is 5.77. The van der Waals surface area contributed by atoms with Gasteiger partial charge in [0.15, 0.2) is 5.58 Å². The first-order valence-corrected chi connectivity index (χ1v) is 9.85. The second-order valence-electron chi connectivity index (χ2n) is 7.11. The molecule has 0 radical (unpaired) electrons. The predicted octanol–water partition coefficient (Wildman–Crippen LogP) is 6.15. The second-order valence-corrected chi connectivity index (χ2v) is 7.11. The molecule has 4 aromatic rings. The Hall–Kier alpha value is -3.40. The lowest BCUT2D eigenvalue weighted by Gasteiger charge is -2.12. The number of hydrogen-bond donors (Lipinski definition) is 0. The number of ether oxygens (including phenoxy) is 1. The second kappa shape index (κ2) is 8.31. The van der Waals surface area contributed by atoms with E-state index in [-0.39, 0.29) is 0 Å². The molecule has 0 saturated carbocycles. The van der Waals surface area contributed by atoms with Crippen LogP contribution in [-0.4, -0.2) is 9.97 Å². The average molecular weight is 384 g/mol. The van der Waals surface area contributed by atoms with Crippen LogP contribution in [0.2, 0.25) is 0 Å². The monoisotopic (exact) mass is 384 g/mol. The topological polar surface area (TPSA) is 48.2 Å². The predicted molar refractivity (Wildman–Crippen MR) is 117 cm³/mol. The van der Waals surface area contributed by atoms with Crippen molar-refractivity contribution >= 4 is 23.3 Å². The SMILES string of the molecule is CCc1cc(/C=C/c2nc3ccc(C)cc3o2)c(OCc2ccccc2)nc1C. The van der Waals surface area contributed by atoms with Gasteiger partial charge in [0.2, 0.25) is 11.8 Å². The van der Waals surface area contributed by atoms with Gasteiger partial charge in [0.05, 0.1) is 0 Å². The van der Waals surface area contributed by atoms with Gasteiger partial charge in [-0.3, -0.25) is 0 Å². The lowest BCUT2D eigenvalue weighted by Crippen LogP contribution is -2.02. The first kappa shape index (κ1) is 18.9. The highest BCUT2D eigenvalue weighted by atomic mass is 16.5. The van der Waals surface area contributed by atoms with Crippen LogP contribution >= 0.6 is 0 Å². The molecule has 0 N–H and O–H groups in total. The van der Waals surface area contributed by atoms with E-state index in [1.54, 1.807) is 0 Å². The summed E-state index contributed by atoms with van der Waals surface area (Å²) in [4.78, 5) is 9.24. The van der Waals surface area contributed by atoms with Gasteiger partial charge >= 0.3 is 0 Å². The Balaban J connectivity index is 1.63. The Kier molecular flexibility index (Phi) is 5.43. The van der Waals surface area contributed by atoms with Gasteiger partial charge in [0.25, 0.3) is 0 Å². The molecular formula is C25H24N2O2. The van der Waals surface area contributed by atoms with Crippen molar-refractivity contribution in [3.05, 3.63) is 88.4 Å². The van der Waals surface area contributed by atoms with E-state index < -0.39 is 0 Å². The van der Waals surface area contributed by atoms with Crippen LogP contribution in [0.3, 0.4) is 0 Å². The summed E-state index contributed by atoms with van der Waals surface area (Å²) < 4.78 is 11.9. The minimum atomic E-state index is 0.474. The lowest BCUT2D eigenvalue weighted by atomic mass is 10.1. The lowest BCUT2D eigenvalue weighted by molar-refractivity contribution is 0.292. The molecule has 0 aliphatic heterocycles. The molecule has 29 heavy (non-hydrogen) atoms. The smallest absolute Gasteiger partial charge is 0.221 e. The third-order valence-corrected chi connectivity index (χ3v) is 4.88. The quantitative estimate of drug-likeness (QED) is 0.400. The van der Waals surface area contributed by atoms with E-state index in [1.165, 1.54) is 5.56 Å². The number of benzene rings is 2. The summed E-state index contributed by atoms with van der Waals surface area (Å²) in [5.41, 5.74) is 7.01. The van der Waals surface area contributed by atoms with Crippen LogP contribution in [0.25, 0.3) is 23.3 Å². The van der Waals surface area contributed by atoms with E-state index in [0.29, 0.717) is 18.4 Å². The number of nitrogens with zero attached hydrogens (tertiary/aromatic N) is 2. The van der Waals surface area contributed by atoms with Gasteiger partial charge in [-0.1, -0.05) is 43.3 Å². The maximum atomic E-state index is 6.05. The van der Waals surface area contributed by atoms with E-state index in [9.17, 15) is 0 Å². The molecule has 0 aliphatic rings. The van der Waals surface area contributed by atoms with E-state index in [4.69, 9.17) is 14.1 Å². The van der Waals surface area contributed by atoms with Crippen molar-refractivity contribution in [2.75, 3.05) is 0 Å². The Morgan fingerprint density at radius 2 is 1.79 bits per heavy atom. The summed E-state index contributed by atoms with van der Waals surface area (Å²) in [5.74, 6) is 1.19. The summed E-state index contributed by atoms with van der Waals surface area (Å²) in [7, 11) is 0. The van der Waals surface area contributed by atoms with Crippen LogP contribution in [0.5, 0.6) is 5.88 Å². The fourth-order valence-electron chi connectivity index (χ4n) is 3.24. The maximum Gasteiger partial charge on any atom is 0.221 e. The van der Waals surface area contributed by atoms with E-state index in [1.807, 2.05) is 74.5 Å². The van der Waals surface area contributed by atoms with E-state index in [0.717, 1.165) is 39.9 Å². The Morgan fingerprint density at radius 1 is 0.966 bits per heavy atom. The highest BCUT2D eigenvalue weighted by Crippen LogP contribution is 2.25. The Labute approximate surface area is 170 Å². The first-order valence-electron chi connectivity index (χ1n) is 9.85. The first-order chi connectivity index (χ1) is 14.1. The van der Waals surface area contributed by atoms with Crippen LogP contribution < -0.4 is 4.74 Å². The Bertz CT molecular complexity index is 1160. The van der Waals surface area contributed by atoms with Gasteiger partial charge < -0.3 is 9.15 Å². The minimum absolute atomic E-state index is 0.474. The van der Waals surface area contributed by atoms with E-state index >= 15 is 0 Å². The van der Waals surface area contributed by atoms with E-state index in [2.05, 4.69) is 18.0 Å². The molecule has 146 valence electrons. The molecule has 4 nitrogen and oxygen atoms in total. The molecule has 0 amide bonds. The van der Waals surface area contributed by atoms with Crippen LogP contribution in [-0.2, 0) is 13.0 Å². The molecule has 0 atom stereocenters.